The van der Waals surface area contributed by atoms with Crippen LogP contribution in [0.4, 0.5) is 0 Å². The van der Waals surface area contributed by atoms with Crippen LogP contribution >= 0.6 is 12.4 Å². The number of amides is 1. The van der Waals surface area contributed by atoms with E-state index in [2.05, 4.69) is 35.2 Å². The number of carbonyl (C=O) groups excluding carboxylic acids is 1. The fraction of sp³-hybridized carbons (Fsp3) is 0.696. The second-order valence-corrected chi connectivity index (χ2v) is 8.99. The Morgan fingerprint density at radius 1 is 1.00 bits per heavy atom. The summed E-state index contributed by atoms with van der Waals surface area (Å²) in [5.41, 5.74) is 7.84. The highest BCUT2D eigenvalue weighted by Gasteiger charge is 2.41. The number of aryl methyl sites for hydroxylation is 1. The predicted molar refractivity (Wildman–Crippen MR) is 113 cm³/mol. The Kier molecular flexibility index (Phi) is 7.22. The van der Waals surface area contributed by atoms with Gasteiger partial charge in [-0.05, 0) is 74.7 Å². The predicted octanol–water partition coefficient (Wildman–Crippen LogP) is 4.43. The first-order valence-corrected chi connectivity index (χ1v) is 10.8. The van der Waals surface area contributed by atoms with Crippen LogP contribution in [0.5, 0.6) is 0 Å². The molecule has 2 saturated carbocycles. The van der Waals surface area contributed by atoms with E-state index in [9.17, 15) is 4.79 Å². The van der Waals surface area contributed by atoms with Gasteiger partial charge >= 0.3 is 0 Å². The van der Waals surface area contributed by atoms with Gasteiger partial charge in [0.1, 0.15) is 0 Å². The monoisotopic (exact) mass is 390 g/mol. The van der Waals surface area contributed by atoms with Crippen molar-refractivity contribution in [1.82, 2.24) is 4.90 Å². The zero-order valence-corrected chi connectivity index (χ0v) is 17.2. The number of nitrogens with two attached hydrogens (primary N) is 1. The van der Waals surface area contributed by atoms with Crippen molar-refractivity contribution in [3.8, 4) is 0 Å². The number of nitrogens with zero attached hydrogens (tertiary/aromatic N) is 1. The summed E-state index contributed by atoms with van der Waals surface area (Å²) in [5, 5.41) is 0. The summed E-state index contributed by atoms with van der Waals surface area (Å²) in [6.45, 7) is 1.94. The summed E-state index contributed by atoms with van der Waals surface area (Å²) in [6.07, 6.45) is 10.7. The highest BCUT2D eigenvalue weighted by atomic mass is 35.5. The van der Waals surface area contributed by atoms with E-state index in [1.165, 1.54) is 50.5 Å². The van der Waals surface area contributed by atoms with Crippen LogP contribution in [0.3, 0.4) is 0 Å². The van der Waals surface area contributed by atoms with Crippen molar-refractivity contribution < 1.29 is 4.79 Å². The van der Waals surface area contributed by atoms with Gasteiger partial charge in [0.15, 0.2) is 0 Å². The Morgan fingerprint density at radius 3 is 2.26 bits per heavy atom. The molecular weight excluding hydrogens is 356 g/mol. The van der Waals surface area contributed by atoms with Crippen molar-refractivity contribution >= 4 is 18.3 Å². The number of piperidine rings is 1. The van der Waals surface area contributed by atoms with Crippen LogP contribution < -0.4 is 5.73 Å². The van der Waals surface area contributed by atoms with Gasteiger partial charge < -0.3 is 10.6 Å². The highest BCUT2D eigenvalue weighted by molar-refractivity contribution is 5.85. The third-order valence-corrected chi connectivity index (χ3v) is 7.37. The summed E-state index contributed by atoms with van der Waals surface area (Å²) in [5.74, 6) is 2.67. The molecule has 2 unspecified atom stereocenters. The first-order valence-electron chi connectivity index (χ1n) is 10.8. The Bertz CT molecular complexity index is 586. The van der Waals surface area contributed by atoms with Crippen LogP contribution in [-0.4, -0.2) is 29.9 Å². The summed E-state index contributed by atoms with van der Waals surface area (Å²) in [6, 6.07) is 11.1. The largest absolute Gasteiger partial charge is 0.342 e. The third-order valence-electron chi connectivity index (χ3n) is 7.37. The number of fused-ring (bicyclic) bond motifs is 2. The molecule has 3 aliphatic rings. The molecule has 27 heavy (non-hydrogen) atoms. The maximum Gasteiger partial charge on any atom is 0.225 e. The van der Waals surface area contributed by atoms with Crippen LogP contribution in [0.1, 0.15) is 56.9 Å². The number of halogens is 1. The molecule has 3 nitrogen and oxygen atoms in total. The number of carbonyl (C=O) groups is 1. The first kappa shape index (κ1) is 20.7. The van der Waals surface area contributed by atoms with Gasteiger partial charge in [0.25, 0.3) is 0 Å². The summed E-state index contributed by atoms with van der Waals surface area (Å²) < 4.78 is 0. The van der Waals surface area contributed by atoms with Crippen LogP contribution in [-0.2, 0) is 11.2 Å². The molecule has 0 spiro atoms. The molecule has 4 heteroatoms. The second kappa shape index (κ2) is 9.43. The van der Waals surface area contributed by atoms with Crippen molar-refractivity contribution in [1.29, 1.82) is 0 Å². The van der Waals surface area contributed by atoms with Crippen molar-refractivity contribution in [3.05, 3.63) is 35.9 Å². The van der Waals surface area contributed by atoms with E-state index in [0.29, 0.717) is 23.8 Å². The quantitative estimate of drug-likeness (QED) is 0.826. The summed E-state index contributed by atoms with van der Waals surface area (Å²) in [4.78, 5) is 15.2. The van der Waals surface area contributed by atoms with E-state index in [-0.39, 0.29) is 18.3 Å². The number of benzene rings is 1. The topological polar surface area (TPSA) is 46.3 Å². The number of rotatable bonds is 4. The lowest BCUT2D eigenvalue weighted by atomic mass is 9.65. The van der Waals surface area contributed by atoms with Gasteiger partial charge in [-0.3, -0.25) is 4.79 Å². The molecule has 3 fully saturated rings. The van der Waals surface area contributed by atoms with Crippen LogP contribution in [0.15, 0.2) is 30.3 Å². The Labute approximate surface area is 170 Å². The zero-order valence-electron chi connectivity index (χ0n) is 16.4. The van der Waals surface area contributed by atoms with E-state index in [0.717, 1.165) is 31.8 Å². The maximum absolute atomic E-state index is 13.1. The van der Waals surface area contributed by atoms with Crippen molar-refractivity contribution in [2.75, 3.05) is 13.1 Å². The average Bonchev–Trinajstić information content (AvgIpc) is 2.67. The molecule has 2 atom stereocenters. The van der Waals surface area contributed by atoms with Crippen LogP contribution in [0.25, 0.3) is 0 Å². The molecular formula is C23H35ClN2O. The van der Waals surface area contributed by atoms with Gasteiger partial charge in [-0.25, -0.2) is 0 Å². The molecule has 2 bridgehead atoms. The number of likely N-dealkylation sites (tertiary alicyclic amines) is 1. The Hall–Kier alpha value is -1.06. The van der Waals surface area contributed by atoms with E-state index >= 15 is 0 Å². The Balaban J connectivity index is 0.00000210. The molecule has 1 heterocycles. The normalized spacial score (nSPS) is 31.2. The summed E-state index contributed by atoms with van der Waals surface area (Å²) >= 11 is 0. The van der Waals surface area contributed by atoms with Gasteiger partial charge in [0.05, 0.1) is 0 Å². The molecule has 2 aliphatic carbocycles. The first-order chi connectivity index (χ1) is 12.7. The number of hydrogen-bond acceptors (Lipinski definition) is 2. The SMILES string of the molecule is Cl.NC1C2CCCC1CC(C(=O)N1CCC(CCc3ccccc3)CC1)C2. The van der Waals surface area contributed by atoms with Gasteiger partial charge in [0.2, 0.25) is 5.91 Å². The molecule has 4 rings (SSSR count). The molecule has 1 aliphatic heterocycles. The third kappa shape index (κ3) is 4.86. The number of hydrogen-bond donors (Lipinski definition) is 1. The van der Waals surface area contributed by atoms with Gasteiger partial charge in [-0.15, -0.1) is 12.4 Å². The van der Waals surface area contributed by atoms with Crippen molar-refractivity contribution in [3.63, 3.8) is 0 Å². The van der Waals surface area contributed by atoms with E-state index in [4.69, 9.17) is 5.73 Å². The zero-order chi connectivity index (χ0) is 17.9. The Morgan fingerprint density at radius 2 is 1.63 bits per heavy atom. The van der Waals surface area contributed by atoms with Crippen molar-refractivity contribution in [2.24, 2.45) is 29.4 Å². The lowest BCUT2D eigenvalue weighted by Crippen LogP contribution is -2.50. The molecule has 1 amide bonds. The highest BCUT2D eigenvalue weighted by Crippen LogP contribution is 2.42. The van der Waals surface area contributed by atoms with Crippen molar-refractivity contribution in [2.45, 2.75) is 63.8 Å². The molecule has 1 aromatic carbocycles. The molecule has 2 N–H and O–H groups in total. The average molecular weight is 391 g/mol. The minimum absolute atomic E-state index is 0. The second-order valence-electron chi connectivity index (χ2n) is 8.99. The van der Waals surface area contributed by atoms with E-state index in [1.54, 1.807) is 0 Å². The minimum atomic E-state index is 0. The molecule has 1 saturated heterocycles. The molecule has 150 valence electrons. The van der Waals surface area contributed by atoms with Gasteiger partial charge in [-0.1, -0.05) is 36.8 Å². The van der Waals surface area contributed by atoms with E-state index in [1.807, 2.05) is 0 Å². The fourth-order valence-electron chi connectivity index (χ4n) is 5.71. The molecule has 0 aromatic heterocycles. The standard InChI is InChI=1S/C23H34N2O.ClH/c24-22-19-7-4-8-20(22)16-21(15-19)23(26)25-13-11-18(12-14-25)10-9-17-5-2-1-3-6-17;/h1-3,5-6,18-22H,4,7-16,24H2;1H. The minimum Gasteiger partial charge on any atom is -0.342 e. The fourth-order valence-corrected chi connectivity index (χ4v) is 5.71. The lowest BCUT2D eigenvalue weighted by molar-refractivity contribution is -0.140. The lowest BCUT2D eigenvalue weighted by Gasteiger charge is -2.45. The van der Waals surface area contributed by atoms with Gasteiger partial charge in [0, 0.05) is 25.0 Å². The van der Waals surface area contributed by atoms with E-state index < -0.39 is 0 Å². The summed E-state index contributed by atoms with van der Waals surface area (Å²) in [7, 11) is 0. The molecule has 1 aromatic rings. The molecule has 0 radical (unpaired) electrons. The maximum atomic E-state index is 13.1. The smallest absolute Gasteiger partial charge is 0.225 e. The van der Waals surface area contributed by atoms with Crippen LogP contribution in [0, 0.1) is 23.7 Å². The van der Waals surface area contributed by atoms with Gasteiger partial charge in [-0.2, -0.15) is 0 Å². The van der Waals surface area contributed by atoms with Crippen LogP contribution in [0.2, 0.25) is 0 Å².